The molecule has 0 saturated heterocycles. The average Bonchev–Trinajstić information content (AvgIpc) is 2.43. The van der Waals surface area contributed by atoms with E-state index >= 15 is 0 Å². The zero-order valence-corrected chi connectivity index (χ0v) is 12.4. The van der Waals surface area contributed by atoms with Gasteiger partial charge < -0.3 is 5.32 Å². The Balaban J connectivity index is 2.13. The van der Waals surface area contributed by atoms with Crippen LogP contribution < -0.4 is 5.32 Å². The van der Waals surface area contributed by atoms with Gasteiger partial charge in [-0.3, -0.25) is 4.79 Å². The number of benzene rings is 2. The molecule has 0 spiro atoms. The zero-order valence-electron chi connectivity index (χ0n) is 10.9. The van der Waals surface area contributed by atoms with E-state index in [1.165, 1.54) is 0 Å². The highest BCUT2D eigenvalue weighted by Crippen LogP contribution is 2.26. The van der Waals surface area contributed by atoms with Gasteiger partial charge in [-0.15, -0.1) is 0 Å². The number of hydrogen-bond donors (Lipinski definition) is 1. The molecule has 0 aromatic heterocycles. The predicted octanol–water partition coefficient (Wildman–Crippen LogP) is 5.19. The number of carbonyl (C=O) groups excluding carboxylic acids is 1. The molecule has 0 amide bonds. The van der Waals surface area contributed by atoms with Crippen molar-refractivity contribution in [3.05, 3.63) is 75.9 Å². The van der Waals surface area contributed by atoms with Crippen molar-refractivity contribution in [1.29, 1.82) is 0 Å². The van der Waals surface area contributed by atoms with E-state index in [-0.39, 0.29) is 5.78 Å². The lowest BCUT2D eigenvalue weighted by Gasteiger charge is -2.08. The van der Waals surface area contributed by atoms with Gasteiger partial charge in [-0.1, -0.05) is 53.5 Å². The Morgan fingerprint density at radius 1 is 1.10 bits per heavy atom. The van der Waals surface area contributed by atoms with E-state index in [1.54, 1.807) is 36.4 Å². The molecule has 0 aliphatic carbocycles. The molecule has 0 unspecified atom stereocenters. The van der Waals surface area contributed by atoms with Gasteiger partial charge in [-0.2, -0.15) is 0 Å². The minimum atomic E-state index is -0.0549. The molecule has 1 N–H and O–H groups in total. The van der Waals surface area contributed by atoms with Gasteiger partial charge in [0.1, 0.15) is 0 Å². The van der Waals surface area contributed by atoms with E-state index in [1.807, 2.05) is 25.1 Å². The smallest absolute Gasteiger partial charge is 0.187 e. The molecule has 0 saturated carbocycles. The van der Waals surface area contributed by atoms with Crippen molar-refractivity contribution in [3.63, 3.8) is 0 Å². The molecule has 2 aromatic carbocycles. The molecule has 0 heterocycles. The van der Waals surface area contributed by atoms with Crippen LogP contribution in [0.3, 0.4) is 0 Å². The molecular weight excluding hydrogens is 293 g/mol. The summed E-state index contributed by atoms with van der Waals surface area (Å²) in [7, 11) is 0. The molecular formula is C16H13Cl2NO. The number of ketones is 1. The summed E-state index contributed by atoms with van der Waals surface area (Å²) in [6.07, 6.45) is 1.54. The fourth-order valence-electron chi connectivity index (χ4n) is 1.72. The highest BCUT2D eigenvalue weighted by Gasteiger charge is 2.04. The number of nitrogens with one attached hydrogen (secondary N) is 1. The SMILES string of the molecule is CC(=CC(=O)c1ccccc1)Nc1ccc(Cl)cc1Cl. The van der Waals surface area contributed by atoms with Gasteiger partial charge >= 0.3 is 0 Å². The third-order valence-corrected chi connectivity index (χ3v) is 3.22. The quantitative estimate of drug-likeness (QED) is 0.622. The molecule has 0 atom stereocenters. The van der Waals surface area contributed by atoms with E-state index in [9.17, 15) is 4.79 Å². The molecule has 2 rings (SSSR count). The normalized spacial score (nSPS) is 11.2. The topological polar surface area (TPSA) is 29.1 Å². The second-order valence-corrected chi connectivity index (χ2v) is 5.15. The molecule has 102 valence electrons. The Kier molecular flexibility index (Phi) is 4.83. The average molecular weight is 306 g/mol. The van der Waals surface area contributed by atoms with Crippen molar-refractivity contribution >= 4 is 34.7 Å². The van der Waals surface area contributed by atoms with E-state index in [2.05, 4.69) is 5.32 Å². The Hall–Kier alpha value is -1.77. The van der Waals surface area contributed by atoms with Gasteiger partial charge in [0.2, 0.25) is 0 Å². The van der Waals surface area contributed by atoms with Crippen molar-refractivity contribution in [2.24, 2.45) is 0 Å². The predicted molar refractivity (Wildman–Crippen MR) is 84.6 cm³/mol. The lowest BCUT2D eigenvalue weighted by atomic mass is 10.1. The summed E-state index contributed by atoms with van der Waals surface area (Å²) in [5.74, 6) is -0.0549. The van der Waals surface area contributed by atoms with Gasteiger partial charge in [0.15, 0.2) is 5.78 Å². The highest BCUT2D eigenvalue weighted by molar-refractivity contribution is 6.36. The second kappa shape index (κ2) is 6.60. The Morgan fingerprint density at radius 3 is 2.45 bits per heavy atom. The maximum Gasteiger partial charge on any atom is 0.187 e. The Morgan fingerprint density at radius 2 is 1.80 bits per heavy atom. The standard InChI is InChI=1S/C16H13Cl2NO/c1-11(9-16(20)12-5-3-2-4-6-12)19-15-8-7-13(17)10-14(15)18/h2-10,19H,1H3. The van der Waals surface area contributed by atoms with Crippen molar-refractivity contribution in [1.82, 2.24) is 0 Å². The van der Waals surface area contributed by atoms with Crippen LogP contribution in [0, 0.1) is 0 Å². The fourth-order valence-corrected chi connectivity index (χ4v) is 2.18. The minimum Gasteiger partial charge on any atom is -0.358 e. The van der Waals surface area contributed by atoms with Crippen LogP contribution in [0.1, 0.15) is 17.3 Å². The van der Waals surface area contributed by atoms with Crippen LogP contribution >= 0.6 is 23.2 Å². The van der Waals surface area contributed by atoms with E-state index in [4.69, 9.17) is 23.2 Å². The number of allylic oxidation sites excluding steroid dienone is 2. The first kappa shape index (κ1) is 14.6. The van der Waals surface area contributed by atoms with Crippen LogP contribution in [0.2, 0.25) is 10.0 Å². The van der Waals surface area contributed by atoms with Gasteiger partial charge in [0, 0.05) is 22.4 Å². The van der Waals surface area contributed by atoms with Crippen molar-refractivity contribution < 1.29 is 4.79 Å². The highest BCUT2D eigenvalue weighted by atomic mass is 35.5. The van der Waals surface area contributed by atoms with Crippen molar-refractivity contribution in [2.75, 3.05) is 5.32 Å². The van der Waals surface area contributed by atoms with Crippen LogP contribution in [0.5, 0.6) is 0 Å². The van der Waals surface area contributed by atoms with Crippen molar-refractivity contribution in [3.8, 4) is 0 Å². The monoisotopic (exact) mass is 305 g/mol. The third kappa shape index (κ3) is 3.86. The van der Waals surface area contributed by atoms with Crippen LogP contribution in [-0.4, -0.2) is 5.78 Å². The van der Waals surface area contributed by atoms with E-state index in [0.717, 1.165) is 0 Å². The van der Waals surface area contributed by atoms with Crippen LogP contribution in [0.25, 0.3) is 0 Å². The minimum absolute atomic E-state index is 0.0549. The maximum absolute atomic E-state index is 12.0. The first-order valence-electron chi connectivity index (χ1n) is 6.06. The van der Waals surface area contributed by atoms with Gasteiger partial charge in [-0.05, 0) is 25.1 Å². The first-order valence-corrected chi connectivity index (χ1v) is 6.81. The second-order valence-electron chi connectivity index (χ2n) is 4.31. The van der Waals surface area contributed by atoms with Gasteiger partial charge in [-0.25, -0.2) is 0 Å². The molecule has 0 fully saturated rings. The molecule has 20 heavy (non-hydrogen) atoms. The maximum atomic E-state index is 12.0. The molecule has 0 aliphatic heterocycles. The largest absolute Gasteiger partial charge is 0.358 e. The number of carbonyl (C=O) groups is 1. The number of rotatable bonds is 4. The lowest BCUT2D eigenvalue weighted by Crippen LogP contribution is -2.01. The summed E-state index contributed by atoms with van der Waals surface area (Å²) < 4.78 is 0. The first-order chi connectivity index (χ1) is 9.56. The summed E-state index contributed by atoms with van der Waals surface area (Å²) >= 11 is 11.9. The Labute approximate surface area is 128 Å². The molecule has 0 radical (unpaired) electrons. The van der Waals surface area contributed by atoms with E-state index < -0.39 is 0 Å². The van der Waals surface area contributed by atoms with Crippen LogP contribution in [-0.2, 0) is 0 Å². The molecule has 0 aliphatic rings. The van der Waals surface area contributed by atoms with E-state index in [0.29, 0.717) is 27.0 Å². The summed E-state index contributed by atoms with van der Waals surface area (Å²) in [5.41, 5.74) is 2.07. The number of anilines is 1. The summed E-state index contributed by atoms with van der Waals surface area (Å²) in [5, 5.41) is 4.17. The van der Waals surface area contributed by atoms with Crippen LogP contribution in [0.15, 0.2) is 60.3 Å². The lowest BCUT2D eigenvalue weighted by molar-refractivity contribution is 0.104. The zero-order chi connectivity index (χ0) is 14.5. The van der Waals surface area contributed by atoms with Gasteiger partial charge in [0.05, 0.1) is 10.7 Å². The number of halogens is 2. The summed E-state index contributed by atoms with van der Waals surface area (Å²) in [6, 6.07) is 14.3. The van der Waals surface area contributed by atoms with Crippen molar-refractivity contribution in [2.45, 2.75) is 6.92 Å². The number of hydrogen-bond acceptors (Lipinski definition) is 2. The van der Waals surface area contributed by atoms with Gasteiger partial charge in [0.25, 0.3) is 0 Å². The summed E-state index contributed by atoms with van der Waals surface area (Å²) in [6.45, 7) is 1.81. The Bertz CT molecular complexity index is 651. The molecule has 0 bridgehead atoms. The summed E-state index contributed by atoms with van der Waals surface area (Å²) in [4.78, 5) is 12.0. The third-order valence-electron chi connectivity index (χ3n) is 2.67. The van der Waals surface area contributed by atoms with Crippen LogP contribution in [0.4, 0.5) is 5.69 Å². The molecule has 2 aromatic rings. The fraction of sp³-hybridized carbons (Fsp3) is 0.0625. The molecule has 4 heteroatoms. The molecule has 2 nitrogen and oxygen atoms in total.